The van der Waals surface area contributed by atoms with Gasteiger partial charge in [0.25, 0.3) is 0 Å². The van der Waals surface area contributed by atoms with E-state index in [-0.39, 0.29) is 24.0 Å². The van der Waals surface area contributed by atoms with Crippen LogP contribution in [0.4, 0.5) is 5.95 Å². The number of rotatable bonds is 6. The van der Waals surface area contributed by atoms with Crippen LogP contribution in [0.25, 0.3) is 0 Å². The minimum absolute atomic E-state index is 0.0157. The van der Waals surface area contributed by atoms with Crippen molar-refractivity contribution in [2.75, 3.05) is 18.5 Å². The minimum atomic E-state index is -0.0256. The van der Waals surface area contributed by atoms with Gasteiger partial charge in [0, 0.05) is 43.4 Å². The van der Waals surface area contributed by atoms with Gasteiger partial charge in [-0.2, -0.15) is 0 Å². The van der Waals surface area contributed by atoms with E-state index < -0.39 is 0 Å². The lowest BCUT2D eigenvalue weighted by atomic mass is 9.82. The van der Waals surface area contributed by atoms with Crippen LogP contribution >= 0.6 is 0 Å². The van der Waals surface area contributed by atoms with Crippen molar-refractivity contribution < 1.29 is 14.1 Å². The highest BCUT2D eigenvalue weighted by Crippen LogP contribution is 2.31. The summed E-state index contributed by atoms with van der Waals surface area (Å²) in [7, 11) is 0. The molecule has 0 unspecified atom stereocenters. The number of ether oxygens (including phenoxy) is 1. The lowest BCUT2D eigenvalue weighted by molar-refractivity contribution is -0.139. The summed E-state index contributed by atoms with van der Waals surface area (Å²) in [5.41, 5.74) is 2.00. The molecule has 2 aromatic heterocycles. The smallest absolute Gasteiger partial charge is 0.226 e. The summed E-state index contributed by atoms with van der Waals surface area (Å²) in [6.07, 6.45) is 9.20. The maximum atomic E-state index is 13.1. The van der Waals surface area contributed by atoms with E-state index in [0.29, 0.717) is 25.6 Å². The van der Waals surface area contributed by atoms with Crippen LogP contribution < -0.4 is 5.32 Å². The lowest BCUT2D eigenvalue weighted by Gasteiger charge is -2.38. The van der Waals surface area contributed by atoms with Crippen molar-refractivity contribution in [1.82, 2.24) is 20.0 Å². The fourth-order valence-electron chi connectivity index (χ4n) is 4.10. The first-order chi connectivity index (χ1) is 13.7. The number of anilines is 1. The Morgan fingerprint density at radius 2 is 2.21 bits per heavy atom. The van der Waals surface area contributed by atoms with Gasteiger partial charge in [-0.25, -0.2) is 9.97 Å². The first kappa shape index (κ1) is 18.9. The summed E-state index contributed by atoms with van der Waals surface area (Å²) >= 11 is 0. The largest absolute Gasteiger partial charge is 0.376 e. The van der Waals surface area contributed by atoms with Crippen molar-refractivity contribution >= 4 is 11.9 Å². The molecule has 1 fully saturated rings. The Morgan fingerprint density at radius 3 is 3.04 bits per heavy atom. The van der Waals surface area contributed by atoms with E-state index in [4.69, 9.17) is 9.26 Å². The van der Waals surface area contributed by atoms with Gasteiger partial charge < -0.3 is 19.5 Å². The molecule has 150 valence electrons. The number of amides is 1. The van der Waals surface area contributed by atoms with Crippen LogP contribution in [-0.4, -0.2) is 51.2 Å². The van der Waals surface area contributed by atoms with Gasteiger partial charge in [0.2, 0.25) is 11.9 Å². The van der Waals surface area contributed by atoms with Crippen molar-refractivity contribution in [3.05, 3.63) is 36.0 Å². The molecule has 1 aliphatic carbocycles. The van der Waals surface area contributed by atoms with E-state index in [1.54, 1.807) is 24.7 Å². The van der Waals surface area contributed by atoms with Crippen LogP contribution in [0.15, 0.2) is 29.2 Å². The zero-order chi connectivity index (χ0) is 19.3. The fourth-order valence-corrected chi connectivity index (χ4v) is 4.10. The predicted octanol–water partition coefficient (Wildman–Crippen LogP) is 2.43. The van der Waals surface area contributed by atoms with Crippen molar-refractivity contribution in [1.29, 1.82) is 0 Å². The molecule has 1 saturated carbocycles. The molecule has 2 aromatic rings. The molecule has 1 amide bonds. The Balaban J connectivity index is 1.40. The molecule has 0 saturated heterocycles. The second-order valence-electron chi connectivity index (χ2n) is 7.54. The van der Waals surface area contributed by atoms with Crippen LogP contribution in [0.5, 0.6) is 0 Å². The average Bonchev–Trinajstić information content (AvgIpc) is 3.21. The van der Waals surface area contributed by atoms with Gasteiger partial charge in [0.15, 0.2) is 0 Å². The Labute approximate surface area is 164 Å². The zero-order valence-electron chi connectivity index (χ0n) is 16.2. The fraction of sp³-hybridized carbons (Fsp3) is 0.600. The molecule has 4 rings (SSSR count). The van der Waals surface area contributed by atoms with Gasteiger partial charge >= 0.3 is 0 Å². The van der Waals surface area contributed by atoms with Crippen molar-refractivity contribution in [2.45, 2.75) is 57.7 Å². The molecule has 3 heterocycles. The van der Waals surface area contributed by atoms with Crippen molar-refractivity contribution in [3.63, 3.8) is 0 Å². The van der Waals surface area contributed by atoms with Gasteiger partial charge in [-0.1, -0.05) is 12.1 Å². The van der Waals surface area contributed by atoms with Gasteiger partial charge in [0.1, 0.15) is 6.26 Å². The highest BCUT2D eigenvalue weighted by Gasteiger charge is 2.37. The quantitative estimate of drug-likeness (QED) is 0.816. The maximum absolute atomic E-state index is 13.1. The zero-order valence-corrected chi connectivity index (χ0v) is 16.2. The third-order valence-electron chi connectivity index (χ3n) is 5.58. The molecule has 0 bridgehead atoms. The normalized spacial score (nSPS) is 24.6. The standard InChI is InChI=1S/C20H27N5O3/c1-2-10-27-18-11-14(4-5-17(18)23-20-21-7-3-8-22-20)19(26)25-9-6-16-15(12-25)13-28-24-16/h3,7-8,13-14,17-18H,2,4-6,9-12H2,1H3,(H,21,22,23)/t14-,17-,18-/m0/s1. The molecule has 1 aliphatic heterocycles. The van der Waals surface area contributed by atoms with E-state index >= 15 is 0 Å². The number of aromatic nitrogens is 3. The molecule has 0 radical (unpaired) electrons. The number of carbonyl (C=O) groups is 1. The molecular weight excluding hydrogens is 358 g/mol. The van der Waals surface area contributed by atoms with Crippen LogP contribution in [0.3, 0.4) is 0 Å². The molecular formula is C20H27N5O3. The Bertz CT molecular complexity index is 781. The summed E-state index contributed by atoms with van der Waals surface area (Å²) in [5, 5.41) is 7.40. The van der Waals surface area contributed by atoms with Gasteiger partial charge in [-0.15, -0.1) is 0 Å². The van der Waals surface area contributed by atoms with Crippen molar-refractivity contribution in [2.24, 2.45) is 5.92 Å². The Morgan fingerprint density at radius 1 is 1.36 bits per heavy atom. The molecule has 8 nitrogen and oxygen atoms in total. The molecule has 0 aromatic carbocycles. The van der Waals surface area contributed by atoms with E-state index in [1.807, 2.05) is 4.90 Å². The van der Waals surface area contributed by atoms with E-state index in [2.05, 4.69) is 27.4 Å². The van der Waals surface area contributed by atoms with Gasteiger partial charge in [-0.05, 0) is 31.7 Å². The Hall–Kier alpha value is -2.48. The van der Waals surface area contributed by atoms with Gasteiger partial charge in [-0.3, -0.25) is 4.79 Å². The second kappa shape index (κ2) is 8.68. The van der Waals surface area contributed by atoms with E-state index in [0.717, 1.165) is 43.4 Å². The summed E-state index contributed by atoms with van der Waals surface area (Å²) in [5.74, 6) is 0.808. The van der Waals surface area contributed by atoms with Gasteiger partial charge in [0.05, 0.1) is 24.4 Å². The van der Waals surface area contributed by atoms with Crippen LogP contribution in [-0.2, 0) is 22.5 Å². The molecule has 8 heteroatoms. The number of carbonyl (C=O) groups excluding carboxylic acids is 1. The summed E-state index contributed by atoms with van der Waals surface area (Å²) in [4.78, 5) is 23.6. The summed E-state index contributed by atoms with van der Waals surface area (Å²) in [6.45, 7) is 4.08. The monoisotopic (exact) mass is 385 g/mol. The Kier molecular flexibility index (Phi) is 5.85. The maximum Gasteiger partial charge on any atom is 0.226 e. The highest BCUT2D eigenvalue weighted by atomic mass is 16.5. The molecule has 2 aliphatic rings. The molecule has 3 atom stereocenters. The van der Waals surface area contributed by atoms with Crippen molar-refractivity contribution in [3.8, 4) is 0 Å². The highest BCUT2D eigenvalue weighted by molar-refractivity contribution is 5.79. The molecule has 0 spiro atoms. The number of nitrogens with one attached hydrogen (secondary N) is 1. The average molecular weight is 385 g/mol. The number of hydrogen-bond donors (Lipinski definition) is 1. The van der Waals surface area contributed by atoms with E-state index in [1.165, 1.54) is 0 Å². The third kappa shape index (κ3) is 4.16. The summed E-state index contributed by atoms with van der Waals surface area (Å²) < 4.78 is 11.2. The lowest BCUT2D eigenvalue weighted by Crippen LogP contribution is -2.47. The number of nitrogens with zero attached hydrogens (tertiary/aromatic N) is 4. The summed E-state index contributed by atoms with van der Waals surface area (Å²) in [6, 6.07) is 1.91. The second-order valence-corrected chi connectivity index (χ2v) is 7.54. The van der Waals surface area contributed by atoms with E-state index in [9.17, 15) is 4.79 Å². The molecule has 28 heavy (non-hydrogen) atoms. The number of fused-ring (bicyclic) bond motifs is 1. The minimum Gasteiger partial charge on any atom is -0.376 e. The first-order valence-electron chi connectivity index (χ1n) is 10.1. The predicted molar refractivity (Wildman–Crippen MR) is 102 cm³/mol. The molecule has 1 N–H and O–H groups in total. The van der Waals surface area contributed by atoms with Crippen LogP contribution in [0.1, 0.15) is 43.9 Å². The first-order valence-corrected chi connectivity index (χ1v) is 10.1. The van der Waals surface area contributed by atoms with Crippen LogP contribution in [0, 0.1) is 5.92 Å². The SMILES string of the molecule is CCCO[C@H]1C[C@@H](C(=O)N2CCc3nocc3C2)CC[C@@H]1Nc1ncccn1. The number of hydrogen-bond acceptors (Lipinski definition) is 7. The third-order valence-corrected chi connectivity index (χ3v) is 5.58. The topological polar surface area (TPSA) is 93.4 Å². The van der Waals surface area contributed by atoms with Crippen LogP contribution in [0.2, 0.25) is 0 Å².